The van der Waals surface area contributed by atoms with Crippen LogP contribution in [0.4, 0.5) is 10.7 Å². The summed E-state index contributed by atoms with van der Waals surface area (Å²) in [6.45, 7) is 9.23. The molecule has 0 atom stereocenters. The van der Waals surface area contributed by atoms with Crippen LogP contribution in [0.15, 0.2) is 47.3 Å². The van der Waals surface area contributed by atoms with Crippen LogP contribution in [0.5, 0.6) is 0 Å². The Balaban J connectivity index is 1.24. The van der Waals surface area contributed by atoms with Crippen molar-refractivity contribution >= 4 is 40.3 Å². The first-order chi connectivity index (χ1) is 18.6. The first-order valence-corrected chi connectivity index (χ1v) is 14.2. The van der Waals surface area contributed by atoms with Gasteiger partial charge < -0.3 is 18.6 Å². The Morgan fingerprint density at radius 2 is 2.05 bits per heavy atom. The van der Waals surface area contributed by atoms with E-state index in [1.54, 1.807) is 12.3 Å². The highest BCUT2D eigenvalue weighted by atomic mass is 32.1. The molecule has 1 N–H and O–H groups in total. The van der Waals surface area contributed by atoms with Crippen molar-refractivity contribution in [2.24, 2.45) is 5.41 Å². The van der Waals surface area contributed by atoms with E-state index in [1.807, 2.05) is 37.8 Å². The van der Waals surface area contributed by atoms with Crippen LogP contribution in [-0.4, -0.2) is 50.1 Å². The van der Waals surface area contributed by atoms with Crippen LogP contribution in [0.1, 0.15) is 68.2 Å². The van der Waals surface area contributed by atoms with Crippen molar-refractivity contribution in [2.45, 2.75) is 65.0 Å². The van der Waals surface area contributed by atoms with Gasteiger partial charge in [-0.25, -0.2) is 14.8 Å². The number of imidazole rings is 1. The van der Waals surface area contributed by atoms with Gasteiger partial charge in [0.2, 0.25) is 5.95 Å². The number of carbonyl (C=O) groups is 2. The Bertz CT molecular complexity index is 1520. The monoisotopic (exact) mass is 547 g/mol. The molecule has 204 valence electrons. The van der Waals surface area contributed by atoms with Gasteiger partial charge in [0, 0.05) is 19.1 Å². The van der Waals surface area contributed by atoms with Crippen LogP contribution in [0.3, 0.4) is 0 Å². The maximum atomic E-state index is 13.3. The summed E-state index contributed by atoms with van der Waals surface area (Å²) in [5.74, 6) is 0.985. The Morgan fingerprint density at radius 3 is 2.77 bits per heavy atom. The molecule has 10 heteroatoms. The summed E-state index contributed by atoms with van der Waals surface area (Å²) in [6.07, 6.45) is 6.50. The largest absolute Gasteiger partial charge is 0.444 e. The maximum Gasteiger partial charge on any atom is 0.410 e. The van der Waals surface area contributed by atoms with Crippen molar-refractivity contribution in [2.75, 3.05) is 18.4 Å². The Labute approximate surface area is 231 Å². The van der Waals surface area contributed by atoms with Crippen molar-refractivity contribution < 1.29 is 18.7 Å². The number of aromatic nitrogens is 3. The molecule has 3 aromatic heterocycles. The lowest BCUT2D eigenvalue weighted by atomic mass is 9.65. The van der Waals surface area contributed by atoms with Gasteiger partial charge in [-0.05, 0) is 81.7 Å². The first-order valence-electron chi connectivity index (χ1n) is 13.4. The number of amides is 2. The number of nitrogens with zero attached hydrogens (tertiary/aromatic N) is 4. The average molecular weight is 548 g/mol. The number of fused-ring (bicyclic) bond motifs is 1. The third-order valence-electron chi connectivity index (χ3n) is 7.68. The molecular formula is C29H33N5O4S. The number of nitrogens with one attached hydrogen (secondary N) is 1. The standard InChI is InChI=1S/C29H33N5O4S/c1-5-18-6-7-20-21(12-18)34(19-13-29(14-19)10-11-33(16-29)27(36)38-28(2,3)4)26(31-20)32-25(35)24-9-8-23(39-24)22-15-30-17-37-22/h6-9,12,15,17,19H,5,10-11,13-14,16H2,1-4H3,(H,31,32,35). The number of oxazole rings is 1. The van der Waals surface area contributed by atoms with Crippen LogP contribution in [0.2, 0.25) is 0 Å². The van der Waals surface area contributed by atoms with Gasteiger partial charge in [-0.1, -0.05) is 13.0 Å². The molecule has 4 heterocycles. The van der Waals surface area contributed by atoms with Gasteiger partial charge in [0.05, 0.1) is 27.0 Å². The van der Waals surface area contributed by atoms with Gasteiger partial charge in [-0.15, -0.1) is 11.3 Å². The summed E-state index contributed by atoms with van der Waals surface area (Å²) in [6, 6.07) is 10.1. The molecular weight excluding hydrogens is 514 g/mol. The lowest BCUT2D eigenvalue weighted by Gasteiger charge is -2.46. The van der Waals surface area contributed by atoms with E-state index < -0.39 is 5.60 Å². The molecule has 2 fully saturated rings. The molecule has 6 rings (SSSR count). The first kappa shape index (κ1) is 25.6. The lowest BCUT2D eigenvalue weighted by Crippen LogP contribution is -2.43. The fourth-order valence-corrected chi connectivity index (χ4v) is 6.64. The highest BCUT2D eigenvalue weighted by molar-refractivity contribution is 7.17. The molecule has 1 spiro atoms. The number of rotatable bonds is 5. The molecule has 0 unspecified atom stereocenters. The maximum absolute atomic E-state index is 13.3. The number of thiophene rings is 1. The van der Waals surface area contributed by atoms with Gasteiger partial charge in [0.1, 0.15) is 5.60 Å². The third kappa shape index (κ3) is 4.93. The van der Waals surface area contributed by atoms with Crippen LogP contribution in [0.25, 0.3) is 21.7 Å². The van der Waals surface area contributed by atoms with Crippen LogP contribution >= 0.6 is 11.3 Å². The number of ether oxygens (including phenoxy) is 1. The number of hydrogen-bond acceptors (Lipinski definition) is 7. The van der Waals surface area contributed by atoms with E-state index in [1.165, 1.54) is 23.3 Å². The Morgan fingerprint density at radius 1 is 1.23 bits per heavy atom. The molecule has 4 aromatic rings. The number of likely N-dealkylation sites (tertiary alicyclic amines) is 1. The van der Waals surface area contributed by atoms with Crippen LogP contribution in [0, 0.1) is 5.41 Å². The summed E-state index contributed by atoms with van der Waals surface area (Å²) in [5, 5.41) is 3.09. The number of aryl methyl sites for hydroxylation is 1. The molecule has 1 aliphatic heterocycles. The van der Waals surface area contributed by atoms with Crippen molar-refractivity contribution in [1.29, 1.82) is 0 Å². The van der Waals surface area contributed by atoms with Gasteiger partial charge in [0.15, 0.2) is 12.2 Å². The zero-order valence-corrected chi connectivity index (χ0v) is 23.5. The van der Waals surface area contributed by atoms with Crippen LogP contribution < -0.4 is 5.32 Å². The van der Waals surface area contributed by atoms with Gasteiger partial charge in [-0.2, -0.15) is 0 Å². The van der Waals surface area contributed by atoms with E-state index in [0.717, 1.165) is 41.6 Å². The Kier molecular flexibility index (Phi) is 6.25. The van der Waals surface area contributed by atoms with E-state index in [0.29, 0.717) is 29.7 Å². The van der Waals surface area contributed by atoms with Gasteiger partial charge in [-0.3, -0.25) is 10.1 Å². The second-order valence-corrected chi connectivity index (χ2v) is 12.8. The minimum Gasteiger partial charge on any atom is -0.444 e. The predicted octanol–water partition coefficient (Wildman–Crippen LogP) is 6.53. The topological polar surface area (TPSA) is 102 Å². The zero-order valence-electron chi connectivity index (χ0n) is 22.7. The minimum atomic E-state index is -0.507. The number of anilines is 1. The Hall–Kier alpha value is -3.66. The second-order valence-electron chi connectivity index (χ2n) is 11.7. The minimum absolute atomic E-state index is 0.0710. The zero-order chi connectivity index (χ0) is 27.4. The van der Waals surface area contributed by atoms with Crippen molar-refractivity contribution in [3.63, 3.8) is 0 Å². The lowest BCUT2D eigenvalue weighted by molar-refractivity contribution is 0.0199. The average Bonchev–Trinajstić information content (AvgIpc) is 3.66. The highest BCUT2D eigenvalue weighted by Crippen LogP contribution is 2.55. The SMILES string of the molecule is CCc1ccc2nc(NC(=O)c3ccc(-c4cnco4)s3)n(C3CC4(CCN(C(=O)OC(C)(C)C)C4)C3)c2c1. The molecule has 0 radical (unpaired) electrons. The highest BCUT2D eigenvalue weighted by Gasteiger charge is 2.51. The summed E-state index contributed by atoms with van der Waals surface area (Å²) in [4.78, 5) is 38.0. The molecule has 0 bridgehead atoms. The molecule has 39 heavy (non-hydrogen) atoms. The normalized spacial score (nSPS) is 20.9. The summed E-state index contributed by atoms with van der Waals surface area (Å²) >= 11 is 1.35. The van der Waals surface area contributed by atoms with Gasteiger partial charge >= 0.3 is 6.09 Å². The van der Waals surface area contributed by atoms with E-state index in [9.17, 15) is 9.59 Å². The van der Waals surface area contributed by atoms with Crippen molar-refractivity contribution in [1.82, 2.24) is 19.4 Å². The predicted molar refractivity (Wildman–Crippen MR) is 150 cm³/mol. The molecule has 1 saturated heterocycles. The van der Waals surface area contributed by atoms with Gasteiger partial charge in [0.25, 0.3) is 5.91 Å². The molecule has 1 aliphatic carbocycles. The molecule has 9 nitrogen and oxygen atoms in total. The summed E-state index contributed by atoms with van der Waals surface area (Å²) < 4.78 is 13.2. The fraction of sp³-hybridized carbons (Fsp3) is 0.448. The summed E-state index contributed by atoms with van der Waals surface area (Å²) in [5.41, 5.74) is 2.68. The van der Waals surface area contributed by atoms with E-state index in [-0.39, 0.29) is 23.5 Å². The van der Waals surface area contributed by atoms with Crippen molar-refractivity contribution in [3.05, 3.63) is 53.4 Å². The molecule has 2 aliphatic rings. The quantitative estimate of drug-likeness (QED) is 0.305. The number of benzene rings is 1. The second kappa shape index (κ2) is 9.51. The smallest absolute Gasteiger partial charge is 0.410 e. The third-order valence-corrected chi connectivity index (χ3v) is 8.78. The fourth-order valence-electron chi connectivity index (χ4n) is 5.78. The molecule has 2 amide bonds. The van der Waals surface area contributed by atoms with Crippen molar-refractivity contribution in [3.8, 4) is 10.6 Å². The number of carbonyl (C=O) groups excluding carboxylic acids is 2. The van der Waals surface area contributed by atoms with Crippen LogP contribution in [-0.2, 0) is 11.2 Å². The number of hydrogen-bond donors (Lipinski definition) is 1. The van der Waals surface area contributed by atoms with E-state index >= 15 is 0 Å². The van der Waals surface area contributed by atoms with E-state index in [2.05, 4.69) is 33.9 Å². The molecule has 1 saturated carbocycles. The molecule has 1 aromatic carbocycles. The summed E-state index contributed by atoms with van der Waals surface area (Å²) in [7, 11) is 0. The van der Waals surface area contributed by atoms with E-state index in [4.69, 9.17) is 14.1 Å².